The molecule has 2 rings (SSSR count). The van der Waals surface area contributed by atoms with Gasteiger partial charge in [-0.25, -0.2) is 4.79 Å². The van der Waals surface area contributed by atoms with Crippen LogP contribution in [0.15, 0.2) is 28.7 Å². The van der Waals surface area contributed by atoms with E-state index in [-0.39, 0.29) is 11.8 Å². The second-order valence-corrected chi connectivity index (χ2v) is 4.86. The number of ether oxygens (including phenoxy) is 1. The highest BCUT2D eigenvalue weighted by atomic mass is 79.9. The normalized spacial score (nSPS) is 10.6. The highest BCUT2D eigenvalue weighted by Gasteiger charge is 2.14. The number of aromatic nitrogens is 1. The molecule has 0 fully saturated rings. The van der Waals surface area contributed by atoms with E-state index in [0.717, 1.165) is 15.4 Å². The first-order chi connectivity index (χ1) is 8.65. The van der Waals surface area contributed by atoms with Crippen molar-refractivity contribution in [2.45, 2.75) is 12.8 Å². The molecule has 1 aromatic carbocycles. The SMILES string of the molecule is CCOC(=O)c1cc2cc(Br)ccc2nc1CCl. The van der Waals surface area contributed by atoms with Gasteiger partial charge in [-0.3, -0.25) is 4.98 Å². The van der Waals surface area contributed by atoms with Gasteiger partial charge in [-0.15, -0.1) is 11.6 Å². The zero-order chi connectivity index (χ0) is 13.1. The number of rotatable bonds is 3. The van der Waals surface area contributed by atoms with Crippen LogP contribution >= 0.6 is 27.5 Å². The monoisotopic (exact) mass is 327 g/mol. The fourth-order valence-electron chi connectivity index (χ4n) is 1.67. The summed E-state index contributed by atoms with van der Waals surface area (Å²) in [6.07, 6.45) is 0. The molecule has 0 saturated heterocycles. The molecule has 3 nitrogen and oxygen atoms in total. The Morgan fingerprint density at radius 2 is 2.22 bits per heavy atom. The van der Waals surface area contributed by atoms with Gasteiger partial charge in [0.05, 0.1) is 29.3 Å². The van der Waals surface area contributed by atoms with Crippen LogP contribution in [0, 0.1) is 0 Å². The number of fused-ring (bicyclic) bond motifs is 1. The van der Waals surface area contributed by atoms with E-state index in [1.807, 2.05) is 18.2 Å². The summed E-state index contributed by atoms with van der Waals surface area (Å²) in [6, 6.07) is 7.45. The molecule has 0 amide bonds. The Morgan fingerprint density at radius 3 is 2.89 bits per heavy atom. The molecule has 18 heavy (non-hydrogen) atoms. The number of carbonyl (C=O) groups is 1. The molecule has 94 valence electrons. The van der Waals surface area contributed by atoms with Crippen LogP contribution < -0.4 is 0 Å². The summed E-state index contributed by atoms with van der Waals surface area (Å²) >= 11 is 9.22. The number of esters is 1. The maximum absolute atomic E-state index is 11.8. The minimum atomic E-state index is -0.387. The Balaban J connectivity index is 2.60. The van der Waals surface area contributed by atoms with Crippen molar-refractivity contribution in [3.8, 4) is 0 Å². The number of hydrogen-bond acceptors (Lipinski definition) is 3. The predicted molar refractivity (Wildman–Crippen MR) is 75.0 cm³/mol. The second-order valence-electron chi connectivity index (χ2n) is 3.67. The first kappa shape index (κ1) is 13.3. The number of benzene rings is 1. The standard InChI is InChI=1S/C13H11BrClNO2/c1-2-18-13(17)10-6-8-5-9(14)3-4-11(8)16-12(10)7-15/h3-6H,2,7H2,1H3. The highest BCUT2D eigenvalue weighted by Crippen LogP contribution is 2.22. The molecule has 0 aliphatic carbocycles. The van der Waals surface area contributed by atoms with E-state index < -0.39 is 0 Å². The molecule has 0 spiro atoms. The van der Waals surface area contributed by atoms with Crippen LogP contribution in [0.3, 0.4) is 0 Å². The lowest BCUT2D eigenvalue weighted by molar-refractivity contribution is 0.0525. The molecule has 0 radical (unpaired) electrons. The first-order valence-electron chi connectivity index (χ1n) is 5.48. The average Bonchev–Trinajstić information content (AvgIpc) is 2.37. The van der Waals surface area contributed by atoms with Crippen LogP contribution in [0.25, 0.3) is 10.9 Å². The van der Waals surface area contributed by atoms with Crippen molar-refractivity contribution >= 4 is 44.4 Å². The van der Waals surface area contributed by atoms with Gasteiger partial charge in [0.1, 0.15) is 0 Å². The van der Waals surface area contributed by atoms with Crippen LogP contribution in [0.2, 0.25) is 0 Å². The van der Waals surface area contributed by atoms with Crippen molar-refractivity contribution in [2.75, 3.05) is 6.61 Å². The van der Waals surface area contributed by atoms with Gasteiger partial charge in [-0.05, 0) is 31.2 Å². The molecule has 0 aliphatic heterocycles. The zero-order valence-electron chi connectivity index (χ0n) is 9.74. The van der Waals surface area contributed by atoms with Crippen molar-refractivity contribution in [1.82, 2.24) is 4.98 Å². The molecule has 0 saturated carbocycles. The summed E-state index contributed by atoms with van der Waals surface area (Å²) < 4.78 is 5.94. The van der Waals surface area contributed by atoms with Gasteiger partial charge in [-0.1, -0.05) is 15.9 Å². The number of pyridine rings is 1. The molecule has 2 aromatic rings. The van der Waals surface area contributed by atoms with Crippen molar-refractivity contribution in [1.29, 1.82) is 0 Å². The third-order valence-electron chi connectivity index (χ3n) is 2.48. The third kappa shape index (κ3) is 2.65. The topological polar surface area (TPSA) is 39.2 Å². The maximum Gasteiger partial charge on any atom is 0.340 e. The van der Waals surface area contributed by atoms with E-state index in [1.165, 1.54) is 0 Å². The van der Waals surface area contributed by atoms with E-state index in [4.69, 9.17) is 16.3 Å². The highest BCUT2D eigenvalue weighted by molar-refractivity contribution is 9.10. The summed E-state index contributed by atoms with van der Waals surface area (Å²) in [6.45, 7) is 2.10. The average molecular weight is 329 g/mol. The van der Waals surface area contributed by atoms with Gasteiger partial charge >= 0.3 is 5.97 Å². The molecule has 1 heterocycles. The van der Waals surface area contributed by atoms with E-state index in [0.29, 0.717) is 17.9 Å². The number of hydrogen-bond donors (Lipinski definition) is 0. The lowest BCUT2D eigenvalue weighted by atomic mass is 10.1. The van der Waals surface area contributed by atoms with E-state index >= 15 is 0 Å². The minimum absolute atomic E-state index is 0.181. The van der Waals surface area contributed by atoms with Crippen LogP contribution in [0.4, 0.5) is 0 Å². The predicted octanol–water partition coefficient (Wildman–Crippen LogP) is 3.91. The lowest BCUT2D eigenvalue weighted by Gasteiger charge is -2.08. The Labute approximate surface area is 118 Å². The van der Waals surface area contributed by atoms with Crippen molar-refractivity contribution in [2.24, 2.45) is 0 Å². The number of carbonyl (C=O) groups excluding carboxylic acids is 1. The van der Waals surface area contributed by atoms with Gasteiger partial charge in [0.15, 0.2) is 0 Å². The van der Waals surface area contributed by atoms with Gasteiger partial charge in [0.2, 0.25) is 0 Å². The summed E-state index contributed by atoms with van der Waals surface area (Å²) in [7, 11) is 0. The second kappa shape index (κ2) is 5.67. The van der Waals surface area contributed by atoms with E-state index in [9.17, 15) is 4.79 Å². The third-order valence-corrected chi connectivity index (χ3v) is 3.22. The Kier molecular flexibility index (Phi) is 4.19. The molecule has 0 unspecified atom stereocenters. The lowest BCUT2D eigenvalue weighted by Crippen LogP contribution is -2.09. The van der Waals surface area contributed by atoms with Crippen molar-refractivity contribution < 1.29 is 9.53 Å². The molecule has 5 heteroatoms. The van der Waals surface area contributed by atoms with Gasteiger partial charge in [0.25, 0.3) is 0 Å². The number of halogens is 2. The molecular formula is C13H11BrClNO2. The summed E-state index contributed by atoms with van der Waals surface area (Å²) in [5.41, 5.74) is 1.78. The molecule has 0 N–H and O–H groups in total. The van der Waals surface area contributed by atoms with Crippen LogP contribution in [-0.4, -0.2) is 17.6 Å². The molecule has 1 aromatic heterocycles. The van der Waals surface area contributed by atoms with Crippen LogP contribution in [0.1, 0.15) is 23.0 Å². The maximum atomic E-state index is 11.8. The number of alkyl halides is 1. The van der Waals surface area contributed by atoms with Gasteiger partial charge in [0, 0.05) is 9.86 Å². The Bertz CT molecular complexity index is 601. The molecule has 0 atom stereocenters. The summed E-state index contributed by atoms with van der Waals surface area (Å²) in [5.74, 6) is -0.206. The minimum Gasteiger partial charge on any atom is -0.462 e. The number of nitrogens with zero attached hydrogens (tertiary/aromatic N) is 1. The fourth-order valence-corrected chi connectivity index (χ4v) is 2.26. The largest absolute Gasteiger partial charge is 0.462 e. The molecular weight excluding hydrogens is 318 g/mol. The van der Waals surface area contributed by atoms with E-state index in [2.05, 4.69) is 20.9 Å². The van der Waals surface area contributed by atoms with Crippen LogP contribution in [-0.2, 0) is 10.6 Å². The summed E-state index contributed by atoms with van der Waals surface area (Å²) in [5, 5.41) is 0.876. The van der Waals surface area contributed by atoms with Gasteiger partial charge in [-0.2, -0.15) is 0 Å². The molecule has 0 aliphatic rings. The fraction of sp³-hybridized carbons (Fsp3) is 0.231. The van der Waals surface area contributed by atoms with Crippen molar-refractivity contribution in [3.63, 3.8) is 0 Å². The smallest absolute Gasteiger partial charge is 0.340 e. The van der Waals surface area contributed by atoms with E-state index in [1.54, 1.807) is 13.0 Å². The first-order valence-corrected chi connectivity index (χ1v) is 6.80. The quantitative estimate of drug-likeness (QED) is 0.633. The summed E-state index contributed by atoms with van der Waals surface area (Å²) in [4.78, 5) is 16.2. The van der Waals surface area contributed by atoms with Gasteiger partial charge < -0.3 is 4.74 Å². The Morgan fingerprint density at radius 1 is 1.44 bits per heavy atom. The molecule has 0 bridgehead atoms. The zero-order valence-corrected chi connectivity index (χ0v) is 12.1. The van der Waals surface area contributed by atoms with Crippen molar-refractivity contribution in [3.05, 3.63) is 40.0 Å². The Hall–Kier alpha value is -1.13. The van der Waals surface area contributed by atoms with Crippen LogP contribution in [0.5, 0.6) is 0 Å².